The zero-order chi connectivity index (χ0) is 15.3. The fourth-order valence-corrected chi connectivity index (χ4v) is 3.68. The van der Waals surface area contributed by atoms with E-state index in [4.69, 9.17) is 0 Å². The van der Waals surface area contributed by atoms with E-state index in [1.165, 1.54) is 0 Å². The molecule has 0 radical (unpaired) electrons. The monoisotopic (exact) mass is 310 g/mol. The van der Waals surface area contributed by atoms with Crippen molar-refractivity contribution in [1.82, 2.24) is 10.6 Å². The third kappa shape index (κ3) is 3.75. The van der Waals surface area contributed by atoms with Crippen LogP contribution < -0.4 is 10.6 Å². The Kier molecular flexibility index (Phi) is 5.22. The van der Waals surface area contributed by atoms with Crippen molar-refractivity contribution in [3.8, 4) is 0 Å². The van der Waals surface area contributed by atoms with Crippen LogP contribution in [0.25, 0.3) is 0 Å². The lowest BCUT2D eigenvalue weighted by Gasteiger charge is -2.34. The summed E-state index contributed by atoms with van der Waals surface area (Å²) in [5.41, 5.74) is -1.10. The lowest BCUT2D eigenvalue weighted by atomic mass is 9.82. The molecule has 0 saturated heterocycles. The molecule has 116 valence electrons. The van der Waals surface area contributed by atoms with Gasteiger partial charge in [-0.1, -0.05) is 32.3 Å². The van der Waals surface area contributed by atoms with Gasteiger partial charge in [0.1, 0.15) is 5.54 Å². The molecule has 1 unspecified atom stereocenters. The van der Waals surface area contributed by atoms with Gasteiger partial charge in [0, 0.05) is 4.88 Å². The first-order chi connectivity index (χ1) is 10.1. The van der Waals surface area contributed by atoms with Crippen molar-refractivity contribution in [3.63, 3.8) is 0 Å². The van der Waals surface area contributed by atoms with E-state index in [0.717, 1.165) is 30.6 Å². The van der Waals surface area contributed by atoms with Gasteiger partial charge in [-0.3, -0.25) is 0 Å². The number of aliphatic carboxylic acids is 1. The molecule has 6 heteroatoms. The van der Waals surface area contributed by atoms with Gasteiger partial charge in [0.05, 0.1) is 6.04 Å². The van der Waals surface area contributed by atoms with Gasteiger partial charge in [-0.25, -0.2) is 9.59 Å². The zero-order valence-corrected chi connectivity index (χ0v) is 13.0. The first-order valence-corrected chi connectivity index (χ1v) is 8.31. The molecule has 0 spiro atoms. The second-order valence-corrected chi connectivity index (χ2v) is 6.50. The molecule has 0 aliphatic heterocycles. The summed E-state index contributed by atoms with van der Waals surface area (Å²) >= 11 is 1.59. The first-order valence-electron chi connectivity index (χ1n) is 7.43. The van der Waals surface area contributed by atoms with Crippen LogP contribution in [0.1, 0.15) is 56.4 Å². The van der Waals surface area contributed by atoms with Crippen LogP contribution in [0.2, 0.25) is 0 Å². The SMILES string of the molecule is CCC(NC(=O)NC1(C(=O)O)CCCCC1)c1cccs1. The molecule has 1 saturated carbocycles. The summed E-state index contributed by atoms with van der Waals surface area (Å²) in [7, 11) is 0. The van der Waals surface area contributed by atoms with Crippen LogP contribution in [0.5, 0.6) is 0 Å². The normalized spacial score (nSPS) is 18.7. The number of rotatable bonds is 5. The van der Waals surface area contributed by atoms with Gasteiger partial charge < -0.3 is 15.7 Å². The highest BCUT2D eigenvalue weighted by Gasteiger charge is 2.41. The van der Waals surface area contributed by atoms with Crippen molar-refractivity contribution < 1.29 is 14.7 Å². The molecule has 2 rings (SSSR count). The molecular formula is C15H22N2O3S. The minimum Gasteiger partial charge on any atom is -0.480 e. The number of nitrogens with one attached hydrogen (secondary N) is 2. The maximum Gasteiger partial charge on any atom is 0.329 e. The van der Waals surface area contributed by atoms with Crippen molar-refractivity contribution in [2.75, 3.05) is 0 Å². The summed E-state index contributed by atoms with van der Waals surface area (Å²) < 4.78 is 0. The Balaban J connectivity index is 2.00. The fraction of sp³-hybridized carbons (Fsp3) is 0.600. The summed E-state index contributed by atoms with van der Waals surface area (Å²) in [5, 5.41) is 17.0. The molecular weight excluding hydrogens is 288 g/mol. The molecule has 1 aromatic rings. The Morgan fingerprint density at radius 2 is 2.10 bits per heavy atom. The van der Waals surface area contributed by atoms with E-state index in [1.54, 1.807) is 11.3 Å². The second-order valence-electron chi connectivity index (χ2n) is 5.52. The van der Waals surface area contributed by atoms with E-state index in [0.29, 0.717) is 12.8 Å². The summed E-state index contributed by atoms with van der Waals surface area (Å²) in [6.45, 7) is 2.00. The number of carboxylic acid groups (broad SMARTS) is 1. The lowest BCUT2D eigenvalue weighted by Crippen LogP contribution is -2.58. The van der Waals surface area contributed by atoms with Crippen molar-refractivity contribution in [1.29, 1.82) is 0 Å². The summed E-state index contributed by atoms with van der Waals surface area (Å²) in [5.74, 6) is -0.929. The highest BCUT2D eigenvalue weighted by atomic mass is 32.1. The first kappa shape index (κ1) is 15.8. The molecule has 3 N–H and O–H groups in total. The number of amides is 2. The number of hydrogen-bond acceptors (Lipinski definition) is 3. The molecule has 1 aliphatic carbocycles. The summed E-state index contributed by atoms with van der Waals surface area (Å²) in [6, 6.07) is 3.47. The molecule has 1 atom stereocenters. The largest absolute Gasteiger partial charge is 0.480 e. The van der Waals surface area contributed by atoms with E-state index in [1.807, 2.05) is 24.4 Å². The van der Waals surface area contributed by atoms with E-state index < -0.39 is 11.5 Å². The van der Waals surface area contributed by atoms with Crippen molar-refractivity contribution >= 4 is 23.3 Å². The maximum atomic E-state index is 12.2. The highest BCUT2D eigenvalue weighted by molar-refractivity contribution is 7.10. The fourth-order valence-electron chi connectivity index (χ4n) is 2.82. The topological polar surface area (TPSA) is 78.4 Å². The predicted octanol–water partition coefficient (Wildman–Crippen LogP) is 3.29. The Morgan fingerprint density at radius 3 is 2.62 bits per heavy atom. The summed E-state index contributed by atoms with van der Waals surface area (Å²) in [6.07, 6.45) is 4.50. The van der Waals surface area contributed by atoms with Crippen LogP contribution in [-0.4, -0.2) is 22.6 Å². The standard InChI is InChI=1S/C15H22N2O3S/c1-2-11(12-7-6-10-21-12)16-14(20)17-15(13(18)19)8-4-3-5-9-15/h6-7,10-11H,2-5,8-9H2,1H3,(H,18,19)(H2,16,17,20). The van der Waals surface area contributed by atoms with E-state index in [9.17, 15) is 14.7 Å². The van der Waals surface area contributed by atoms with Gasteiger partial charge in [-0.05, 0) is 30.7 Å². The predicted molar refractivity (Wildman–Crippen MR) is 82.5 cm³/mol. The Morgan fingerprint density at radius 1 is 1.38 bits per heavy atom. The van der Waals surface area contributed by atoms with Crippen LogP contribution in [-0.2, 0) is 4.79 Å². The van der Waals surface area contributed by atoms with Crippen LogP contribution in [0, 0.1) is 0 Å². The highest BCUT2D eigenvalue weighted by Crippen LogP contribution is 2.29. The molecule has 1 aromatic heterocycles. The number of thiophene rings is 1. The minimum atomic E-state index is -1.10. The van der Waals surface area contributed by atoms with Crippen LogP contribution in [0.4, 0.5) is 4.79 Å². The molecule has 2 amide bonds. The molecule has 21 heavy (non-hydrogen) atoms. The Bertz CT molecular complexity index is 481. The van der Waals surface area contributed by atoms with Crippen molar-refractivity contribution in [2.45, 2.75) is 57.0 Å². The van der Waals surface area contributed by atoms with Crippen LogP contribution in [0.15, 0.2) is 17.5 Å². The third-order valence-corrected chi connectivity index (χ3v) is 5.06. The zero-order valence-electron chi connectivity index (χ0n) is 12.2. The van der Waals surface area contributed by atoms with Gasteiger partial charge in [-0.15, -0.1) is 11.3 Å². The minimum absolute atomic E-state index is 0.0700. The Hall–Kier alpha value is -1.56. The molecule has 0 bridgehead atoms. The van der Waals surface area contributed by atoms with E-state index in [-0.39, 0.29) is 12.1 Å². The van der Waals surface area contributed by atoms with Gasteiger partial charge in [0.15, 0.2) is 0 Å². The Labute approximate surface area is 128 Å². The van der Waals surface area contributed by atoms with Crippen LogP contribution in [0.3, 0.4) is 0 Å². The molecule has 1 fully saturated rings. The molecule has 1 aliphatic rings. The lowest BCUT2D eigenvalue weighted by molar-refractivity contribution is -0.145. The average Bonchev–Trinajstić information content (AvgIpc) is 2.99. The van der Waals surface area contributed by atoms with Crippen molar-refractivity contribution in [2.24, 2.45) is 0 Å². The number of hydrogen-bond donors (Lipinski definition) is 3. The van der Waals surface area contributed by atoms with Crippen LogP contribution >= 0.6 is 11.3 Å². The summed E-state index contributed by atoms with van der Waals surface area (Å²) in [4.78, 5) is 24.8. The van der Waals surface area contributed by atoms with Gasteiger partial charge in [-0.2, -0.15) is 0 Å². The maximum absolute atomic E-state index is 12.2. The number of urea groups is 1. The quantitative estimate of drug-likeness (QED) is 0.781. The smallest absolute Gasteiger partial charge is 0.329 e. The van der Waals surface area contributed by atoms with Crippen molar-refractivity contribution in [3.05, 3.63) is 22.4 Å². The number of carbonyl (C=O) groups is 2. The number of carboxylic acids is 1. The van der Waals surface area contributed by atoms with E-state index >= 15 is 0 Å². The number of carbonyl (C=O) groups excluding carboxylic acids is 1. The van der Waals surface area contributed by atoms with Gasteiger partial charge >= 0.3 is 12.0 Å². The molecule has 5 nitrogen and oxygen atoms in total. The van der Waals surface area contributed by atoms with Gasteiger partial charge in [0.2, 0.25) is 0 Å². The molecule has 0 aromatic carbocycles. The molecule has 1 heterocycles. The average molecular weight is 310 g/mol. The third-order valence-electron chi connectivity index (χ3n) is 4.07. The second kappa shape index (κ2) is 6.93. The van der Waals surface area contributed by atoms with E-state index in [2.05, 4.69) is 10.6 Å². The van der Waals surface area contributed by atoms with Gasteiger partial charge in [0.25, 0.3) is 0 Å².